The van der Waals surface area contributed by atoms with Gasteiger partial charge in [0.25, 0.3) is 0 Å². The van der Waals surface area contributed by atoms with Crippen LogP contribution in [-0.4, -0.2) is 40.1 Å². The predicted molar refractivity (Wildman–Crippen MR) is 117 cm³/mol. The van der Waals surface area contributed by atoms with Gasteiger partial charge in [-0.1, -0.05) is 13.8 Å². The normalized spacial score (nSPS) is 40.6. The number of nitrogens with zero attached hydrogens (tertiary/aromatic N) is 1. The average molecular weight is 442 g/mol. The summed E-state index contributed by atoms with van der Waals surface area (Å²) < 4.78 is 18.1. The van der Waals surface area contributed by atoms with Gasteiger partial charge in [-0.15, -0.1) is 0 Å². The maximum absolute atomic E-state index is 13.1. The maximum atomic E-state index is 13.1. The van der Waals surface area contributed by atoms with Crippen molar-refractivity contribution in [3.05, 3.63) is 46.6 Å². The van der Waals surface area contributed by atoms with Crippen molar-refractivity contribution in [3.63, 3.8) is 0 Å². The van der Waals surface area contributed by atoms with Crippen LogP contribution in [0.15, 0.2) is 39.8 Å². The molecule has 2 aromatic rings. The lowest BCUT2D eigenvalue weighted by Crippen LogP contribution is -2.68. The number of aliphatic hydroxyl groups excluding tert-OH is 2. The molecule has 1 aliphatic heterocycles. The first-order valence-corrected chi connectivity index (χ1v) is 11.4. The second kappa shape index (κ2) is 7.40. The standard InChI is InChI=1S/C25H31NO6/c1-13-15-10-19(30-4)25(3)22(24(15,2)8-7-16(13)27)21(28)20-18(32-25)11-17(31-23(20)29)14-6-5-9-26-12-14/h5-6,9,11-13,15-16,19,21-22,27-28H,7-8,10H2,1-4H3/t13-,15?,16+,19+,21?,22?,24+,25-/m1/s1. The van der Waals surface area contributed by atoms with E-state index in [4.69, 9.17) is 13.9 Å². The number of aliphatic hydroxyl groups is 2. The summed E-state index contributed by atoms with van der Waals surface area (Å²) in [4.78, 5) is 17.2. The Hall–Kier alpha value is -2.22. The minimum atomic E-state index is -1.06. The molecule has 7 heteroatoms. The van der Waals surface area contributed by atoms with Gasteiger partial charge in [0.2, 0.25) is 0 Å². The molecule has 32 heavy (non-hydrogen) atoms. The molecule has 7 nitrogen and oxygen atoms in total. The van der Waals surface area contributed by atoms with E-state index in [9.17, 15) is 15.0 Å². The van der Waals surface area contributed by atoms with Crippen molar-refractivity contribution in [2.45, 2.75) is 63.9 Å². The molecule has 2 N–H and O–H groups in total. The molecule has 0 aromatic carbocycles. The molecule has 0 spiro atoms. The summed E-state index contributed by atoms with van der Waals surface area (Å²) in [5.74, 6) is 0.497. The van der Waals surface area contributed by atoms with Gasteiger partial charge in [0.05, 0.1) is 18.3 Å². The number of hydrogen-bond acceptors (Lipinski definition) is 7. The first-order chi connectivity index (χ1) is 15.2. The first kappa shape index (κ1) is 21.6. The van der Waals surface area contributed by atoms with Crippen molar-refractivity contribution in [2.24, 2.45) is 23.2 Å². The minimum Gasteiger partial charge on any atom is -0.484 e. The third kappa shape index (κ3) is 2.91. The lowest BCUT2D eigenvalue weighted by atomic mass is 9.46. The third-order valence-corrected chi connectivity index (χ3v) is 8.62. The highest BCUT2D eigenvalue weighted by Crippen LogP contribution is 2.64. The number of aromatic nitrogens is 1. The molecule has 3 aliphatic rings. The molecule has 0 saturated heterocycles. The largest absolute Gasteiger partial charge is 0.484 e. The van der Waals surface area contributed by atoms with Crippen LogP contribution in [0.2, 0.25) is 0 Å². The number of rotatable bonds is 2. The Morgan fingerprint density at radius 1 is 1.28 bits per heavy atom. The fourth-order valence-electron chi connectivity index (χ4n) is 6.99. The summed E-state index contributed by atoms with van der Waals surface area (Å²) in [7, 11) is 1.66. The van der Waals surface area contributed by atoms with Gasteiger partial charge in [-0.25, -0.2) is 4.79 Å². The SMILES string of the molecule is CO[C@H]1CC2[C@@H](C)[C@@H](O)CC[C@]2(C)C2C(O)c3c(cc(-c4cccnc4)oc3=O)O[C@@]21C. The van der Waals surface area contributed by atoms with Gasteiger partial charge in [0.1, 0.15) is 22.7 Å². The Labute approximate surface area is 187 Å². The highest BCUT2D eigenvalue weighted by Gasteiger charge is 2.66. The fourth-order valence-corrected chi connectivity index (χ4v) is 6.99. The summed E-state index contributed by atoms with van der Waals surface area (Å²) in [6, 6.07) is 5.25. The Morgan fingerprint density at radius 3 is 2.75 bits per heavy atom. The molecule has 0 radical (unpaired) electrons. The lowest BCUT2D eigenvalue weighted by Gasteiger charge is -2.64. The Balaban J connectivity index is 1.66. The van der Waals surface area contributed by atoms with Crippen molar-refractivity contribution in [3.8, 4) is 17.1 Å². The van der Waals surface area contributed by atoms with Crippen LogP contribution in [-0.2, 0) is 4.74 Å². The van der Waals surface area contributed by atoms with Gasteiger partial charge in [-0.05, 0) is 55.6 Å². The van der Waals surface area contributed by atoms with Crippen molar-refractivity contribution in [1.82, 2.24) is 4.98 Å². The van der Waals surface area contributed by atoms with Gasteiger partial charge in [-0.2, -0.15) is 0 Å². The quantitative estimate of drug-likeness (QED) is 0.737. The first-order valence-electron chi connectivity index (χ1n) is 11.4. The highest BCUT2D eigenvalue weighted by molar-refractivity contribution is 5.59. The van der Waals surface area contributed by atoms with Crippen molar-refractivity contribution in [2.75, 3.05) is 7.11 Å². The molecule has 2 fully saturated rings. The molecule has 2 aromatic heterocycles. The monoisotopic (exact) mass is 441 g/mol. The lowest BCUT2D eigenvalue weighted by molar-refractivity contribution is -0.247. The van der Waals surface area contributed by atoms with Crippen molar-refractivity contribution < 1.29 is 24.1 Å². The third-order valence-electron chi connectivity index (χ3n) is 8.62. The highest BCUT2D eigenvalue weighted by atomic mass is 16.6. The van der Waals surface area contributed by atoms with Crippen LogP contribution >= 0.6 is 0 Å². The van der Waals surface area contributed by atoms with E-state index in [-0.39, 0.29) is 40.9 Å². The molecule has 5 rings (SSSR count). The van der Waals surface area contributed by atoms with Crippen molar-refractivity contribution in [1.29, 1.82) is 0 Å². The molecule has 0 amide bonds. The maximum Gasteiger partial charge on any atom is 0.345 e. The molecule has 3 heterocycles. The van der Waals surface area contributed by atoms with Crippen LogP contribution in [0.4, 0.5) is 0 Å². The van der Waals surface area contributed by atoms with E-state index in [1.165, 1.54) is 0 Å². The Kier molecular flexibility index (Phi) is 5.00. The van der Waals surface area contributed by atoms with E-state index in [1.807, 2.05) is 6.92 Å². The average Bonchev–Trinajstić information content (AvgIpc) is 2.76. The molecule has 0 bridgehead atoms. The summed E-state index contributed by atoms with van der Waals surface area (Å²) >= 11 is 0. The summed E-state index contributed by atoms with van der Waals surface area (Å²) in [5.41, 5.74) is -0.940. The van der Waals surface area contributed by atoms with Gasteiger partial charge < -0.3 is 24.1 Å². The van der Waals surface area contributed by atoms with Gasteiger partial charge in [0, 0.05) is 37.1 Å². The van der Waals surface area contributed by atoms with E-state index in [0.29, 0.717) is 23.5 Å². The summed E-state index contributed by atoms with van der Waals surface area (Å²) in [6.07, 6.45) is 3.66. The number of fused-ring (bicyclic) bond motifs is 4. The summed E-state index contributed by atoms with van der Waals surface area (Å²) in [6.45, 7) is 6.21. The van der Waals surface area contributed by atoms with E-state index in [1.54, 1.807) is 37.7 Å². The van der Waals surface area contributed by atoms with E-state index in [0.717, 1.165) is 12.8 Å². The number of hydrogen-bond donors (Lipinski definition) is 2. The Bertz CT molecular complexity index is 1070. The molecular weight excluding hydrogens is 410 g/mol. The van der Waals surface area contributed by atoms with Crippen LogP contribution in [0.3, 0.4) is 0 Å². The molecule has 3 unspecified atom stereocenters. The predicted octanol–water partition coefficient (Wildman–Crippen LogP) is 3.33. The zero-order valence-electron chi connectivity index (χ0n) is 18.9. The number of ether oxygens (including phenoxy) is 2. The molecule has 2 saturated carbocycles. The zero-order valence-corrected chi connectivity index (χ0v) is 18.9. The van der Waals surface area contributed by atoms with Crippen LogP contribution in [0.25, 0.3) is 11.3 Å². The van der Waals surface area contributed by atoms with Gasteiger partial charge in [0.15, 0.2) is 0 Å². The van der Waals surface area contributed by atoms with Crippen LogP contribution in [0.1, 0.15) is 51.7 Å². The number of methoxy groups -OCH3 is 1. The van der Waals surface area contributed by atoms with Crippen LogP contribution < -0.4 is 10.4 Å². The second-order valence-electron chi connectivity index (χ2n) is 10.2. The zero-order chi connectivity index (χ0) is 22.8. The minimum absolute atomic E-state index is 0.0638. The second-order valence-corrected chi connectivity index (χ2v) is 10.2. The number of pyridine rings is 1. The van der Waals surface area contributed by atoms with Gasteiger partial charge >= 0.3 is 5.63 Å². The van der Waals surface area contributed by atoms with Gasteiger partial charge in [-0.3, -0.25) is 4.98 Å². The van der Waals surface area contributed by atoms with Crippen LogP contribution in [0.5, 0.6) is 5.75 Å². The van der Waals surface area contributed by atoms with E-state index >= 15 is 0 Å². The Morgan fingerprint density at radius 2 is 2.06 bits per heavy atom. The molecule has 2 aliphatic carbocycles. The van der Waals surface area contributed by atoms with Crippen LogP contribution in [0, 0.1) is 23.2 Å². The van der Waals surface area contributed by atoms with Crippen molar-refractivity contribution >= 4 is 0 Å². The molecular formula is C25H31NO6. The topological polar surface area (TPSA) is 102 Å². The van der Waals surface area contributed by atoms with E-state index < -0.39 is 17.3 Å². The molecule has 8 atom stereocenters. The van der Waals surface area contributed by atoms with E-state index in [2.05, 4.69) is 18.8 Å². The fraction of sp³-hybridized carbons (Fsp3) is 0.600. The molecule has 172 valence electrons. The smallest absolute Gasteiger partial charge is 0.345 e. The summed E-state index contributed by atoms with van der Waals surface area (Å²) in [5, 5.41) is 22.2.